The van der Waals surface area contributed by atoms with Crippen LogP contribution in [0, 0.1) is 26.7 Å². The first-order chi connectivity index (χ1) is 27.0. The van der Waals surface area contributed by atoms with E-state index in [2.05, 4.69) is 36.3 Å². The molecule has 1 heterocycles. The van der Waals surface area contributed by atoms with Crippen LogP contribution in [0.4, 0.5) is 0 Å². The van der Waals surface area contributed by atoms with Crippen LogP contribution in [0.15, 0.2) is 46.3 Å². The Balaban J connectivity index is 1.88. The number of benzene rings is 2. The maximum absolute atomic E-state index is 13.9. The lowest BCUT2D eigenvalue weighted by Gasteiger charge is -2.28. The molecule has 0 aliphatic carbocycles. The average molecular weight is 829 g/mol. The summed E-state index contributed by atoms with van der Waals surface area (Å²) in [7, 11) is -2.66. The minimum absolute atomic E-state index is 0.0287. The number of guanidine groups is 1. The van der Waals surface area contributed by atoms with Gasteiger partial charge in [0.05, 0.1) is 25.0 Å². The summed E-state index contributed by atoms with van der Waals surface area (Å²) in [5, 5.41) is 12.8. The van der Waals surface area contributed by atoms with Gasteiger partial charge in [0.25, 0.3) is 10.0 Å². The van der Waals surface area contributed by atoms with Crippen molar-refractivity contribution in [2.45, 2.75) is 109 Å². The molecule has 8 N–H and O–H groups in total. The predicted molar refractivity (Wildman–Crippen MR) is 215 cm³/mol. The number of nitrogens with two attached hydrogens (primary N) is 1. The van der Waals surface area contributed by atoms with Gasteiger partial charge in [-0.3, -0.25) is 33.8 Å². The van der Waals surface area contributed by atoms with Crippen LogP contribution in [0.1, 0.15) is 82.2 Å². The zero-order valence-corrected chi connectivity index (χ0v) is 35.2. The molecule has 1 fully saturated rings. The molecule has 0 saturated carbocycles. The van der Waals surface area contributed by atoms with Crippen molar-refractivity contribution in [2.24, 2.45) is 16.6 Å². The van der Waals surface area contributed by atoms with Gasteiger partial charge in [0, 0.05) is 6.54 Å². The third-order valence-corrected chi connectivity index (χ3v) is 10.7. The molecule has 318 valence electrons. The number of carbonyl (C=O) groups excluding carboxylic acids is 6. The smallest absolute Gasteiger partial charge is 0.308 e. The molecular formula is C39H56N8O10S. The number of hydrogen-bond acceptors (Lipinski definition) is 11. The first-order valence-corrected chi connectivity index (χ1v) is 20.2. The molecule has 2 aromatic carbocycles. The Bertz CT molecular complexity index is 2000. The average Bonchev–Trinajstić information content (AvgIpc) is 3.12. The van der Waals surface area contributed by atoms with Gasteiger partial charge < -0.3 is 41.8 Å². The Labute approximate surface area is 339 Å². The predicted octanol–water partition coefficient (Wildman–Crippen LogP) is 0.823. The van der Waals surface area contributed by atoms with Gasteiger partial charge in [-0.1, -0.05) is 44.2 Å². The van der Waals surface area contributed by atoms with E-state index in [0.717, 1.165) is 0 Å². The quantitative estimate of drug-likeness (QED) is 0.0722. The lowest BCUT2D eigenvalue weighted by Crippen LogP contribution is -2.57. The van der Waals surface area contributed by atoms with Gasteiger partial charge >= 0.3 is 5.97 Å². The number of amides is 5. The number of esters is 1. The minimum atomic E-state index is -4.15. The van der Waals surface area contributed by atoms with Gasteiger partial charge in [-0.25, -0.2) is 13.1 Å². The molecule has 1 aliphatic heterocycles. The number of sulfonamides is 1. The third-order valence-electron chi connectivity index (χ3n) is 9.07. The summed E-state index contributed by atoms with van der Waals surface area (Å²) in [6.45, 7) is 12.6. The number of ether oxygens (including phenoxy) is 2. The van der Waals surface area contributed by atoms with Crippen molar-refractivity contribution in [1.82, 2.24) is 31.3 Å². The summed E-state index contributed by atoms with van der Waals surface area (Å²) in [5.41, 5.74) is 6.98. The van der Waals surface area contributed by atoms with Gasteiger partial charge in [0.2, 0.25) is 35.5 Å². The molecule has 4 atom stereocenters. The monoisotopic (exact) mass is 828 g/mol. The van der Waals surface area contributed by atoms with Crippen LogP contribution in [0.2, 0.25) is 0 Å². The van der Waals surface area contributed by atoms with E-state index in [1.54, 1.807) is 91.8 Å². The van der Waals surface area contributed by atoms with E-state index in [4.69, 9.17) is 15.2 Å². The summed E-state index contributed by atoms with van der Waals surface area (Å²) in [6.07, 6.45) is -0.537. The topological polar surface area (TPSA) is 266 Å². The second-order valence-electron chi connectivity index (χ2n) is 15.3. The normalized spacial score (nSPS) is 20.4. The number of carbonyl (C=O) groups is 6. The standard InChI is InChI=1S/C39H56N8O10S/c1-21(2)31-36(52)44-26(16-13-17-41-38(40)47-58(54,55)33-22(3)18-28(56-9)23(4)24(33)5)34(50)42-20-29(48)43-27(19-30(49)57-39(6,7)8)35(51)46-32(37(53)45-31)25-14-11-10-12-15-25/h10-12,14-15,18,21,26-27,31-32H,13,16-17,19-20H2,1-9H3,(H,42,50)(H,43,48)(H,44,52)(H,45,53)(H,46,51)(H3,40,41,47)/t26-,27-,31+,32-/m0/s1. The van der Waals surface area contributed by atoms with Crippen molar-refractivity contribution in [3.05, 3.63) is 58.7 Å². The Kier molecular flexibility index (Phi) is 16.2. The minimum Gasteiger partial charge on any atom is -0.496 e. The number of aryl methyl sites for hydroxylation is 1. The molecule has 2 aromatic rings. The fourth-order valence-electron chi connectivity index (χ4n) is 6.15. The number of aliphatic imine (C=N–C) groups is 1. The highest BCUT2D eigenvalue weighted by atomic mass is 32.2. The first-order valence-electron chi connectivity index (χ1n) is 18.8. The van der Waals surface area contributed by atoms with Crippen LogP contribution in [0.3, 0.4) is 0 Å². The highest BCUT2D eigenvalue weighted by Gasteiger charge is 2.35. The maximum atomic E-state index is 13.9. The largest absolute Gasteiger partial charge is 0.496 e. The molecule has 0 unspecified atom stereocenters. The molecule has 0 radical (unpaired) electrons. The Morgan fingerprint density at radius 1 is 0.914 bits per heavy atom. The van der Waals surface area contributed by atoms with Gasteiger partial charge in [-0.2, -0.15) is 0 Å². The zero-order valence-electron chi connectivity index (χ0n) is 34.4. The van der Waals surface area contributed by atoms with Crippen molar-refractivity contribution in [3.8, 4) is 5.75 Å². The number of nitrogens with one attached hydrogen (secondary N) is 6. The second kappa shape index (κ2) is 20.1. The second-order valence-corrected chi connectivity index (χ2v) is 16.9. The van der Waals surface area contributed by atoms with Gasteiger partial charge in [-0.05, 0) is 88.6 Å². The van der Waals surface area contributed by atoms with Crippen molar-refractivity contribution in [1.29, 1.82) is 0 Å². The summed E-state index contributed by atoms with van der Waals surface area (Å²) in [4.78, 5) is 84.9. The highest BCUT2D eigenvalue weighted by molar-refractivity contribution is 7.90. The van der Waals surface area contributed by atoms with Gasteiger partial charge in [-0.15, -0.1) is 0 Å². The summed E-state index contributed by atoms with van der Waals surface area (Å²) < 4.78 is 39.6. The fourth-order valence-corrected chi connectivity index (χ4v) is 7.63. The summed E-state index contributed by atoms with van der Waals surface area (Å²) in [5.74, 6) is -5.18. The third kappa shape index (κ3) is 13.2. The maximum Gasteiger partial charge on any atom is 0.308 e. The van der Waals surface area contributed by atoms with Crippen LogP contribution >= 0.6 is 0 Å². The van der Waals surface area contributed by atoms with Crippen LogP contribution in [0.5, 0.6) is 5.75 Å². The van der Waals surface area contributed by atoms with E-state index in [1.165, 1.54) is 7.11 Å². The molecule has 0 spiro atoms. The molecule has 18 nitrogen and oxygen atoms in total. The van der Waals surface area contributed by atoms with E-state index < -0.39 is 100 Å². The molecule has 58 heavy (non-hydrogen) atoms. The summed E-state index contributed by atoms with van der Waals surface area (Å²) in [6, 6.07) is 4.47. The van der Waals surface area contributed by atoms with Crippen molar-refractivity contribution >= 4 is 51.5 Å². The van der Waals surface area contributed by atoms with Crippen LogP contribution in [-0.4, -0.2) is 93.8 Å². The SMILES string of the molecule is COc1cc(C)c(S(=O)(=O)NC(N)=NCCC[C@@H]2NC(=O)[C@@H](C(C)C)NC(=O)[C@H](c3ccccc3)NC(=O)[C@H](CC(=O)OC(C)(C)C)NC(=O)CNC2=O)c(C)c1C. The van der Waals surface area contributed by atoms with Gasteiger partial charge in [0.1, 0.15) is 35.5 Å². The van der Waals surface area contributed by atoms with Crippen LogP contribution in [-0.2, 0) is 43.5 Å². The van der Waals surface area contributed by atoms with E-state index in [0.29, 0.717) is 28.0 Å². The molecule has 1 saturated heterocycles. The molecule has 0 bridgehead atoms. The summed E-state index contributed by atoms with van der Waals surface area (Å²) >= 11 is 0. The first kappa shape index (κ1) is 46.7. The number of hydrogen-bond donors (Lipinski definition) is 7. The van der Waals surface area contributed by atoms with Crippen LogP contribution < -0.4 is 41.8 Å². The number of nitrogens with zero attached hydrogens (tertiary/aromatic N) is 1. The molecular weight excluding hydrogens is 773 g/mol. The zero-order chi connectivity index (χ0) is 43.5. The molecule has 3 rings (SSSR count). The lowest BCUT2D eigenvalue weighted by molar-refractivity contribution is -0.156. The fraction of sp³-hybridized carbons (Fsp3) is 0.513. The molecule has 0 aromatic heterocycles. The molecule has 5 amide bonds. The Hall–Kier alpha value is -5.72. The Morgan fingerprint density at radius 2 is 1.57 bits per heavy atom. The van der Waals surface area contributed by atoms with E-state index >= 15 is 0 Å². The molecule has 19 heteroatoms. The van der Waals surface area contributed by atoms with Crippen molar-refractivity contribution in [2.75, 3.05) is 20.2 Å². The highest BCUT2D eigenvalue weighted by Crippen LogP contribution is 2.30. The number of rotatable bonds is 11. The van der Waals surface area contributed by atoms with E-state index in [9.17, 15) is 37.2 Å². The van der Waals surface area contributed by atoms with E-state index in [-0.39, 0.29) is 24.3 Å². The Morgan fingerprint density at radius 3 is 2.17 bits per heavy atom. The lowest BCUT2D eigenvalue weighted by atomic mass is 10.00. The van der Waals surface area contributed by atoms with Crippen molar-refractivity contribution < 1.29 is 46.7 Å². The van der Waals surface area contributed by atoms with E-state index in [1.807, 2.05) is 0 Å². The van der Waals surface area contributed by atoms with Crippen LogP contribution in [0.25, 0.3) is 0 Å². The van der Waals surface area contributed by atoms with Crippen molar-refractivity contribution in [3.63, 3.8) is 0 Å². The number of methoxy groups -OCH3 is 1. The molecule has 1 aliphatic rings. The van der Waals surface area contributed by atoms with Gasteiger partial charge in [0.15, 0.2) is 0 Å².